The van der Waals surface area contributed by atoms with Gasteiger partial charge in [0.15, 0.2) is 0 Å². The van der Waals surface area contributed by atoms with Crippen LogP contribution in [0.15, 0.2) is 6.07 Å². The number of aryl methyl sites for hydroxylation is 3. The average molecular weight is 251 g/mol. The standard InChI is InChI=1S/C15H29N3/c1-5-13(16-7-3)10-9-11-15-12-14(6-2)17-18(15)8-4/h12-13,16H,5-11H2,1-4H3. The number of hydrogen-bond acceptors (Lipinski definition) is 2. The first kappa shape index (κ1) is 15.2. The average Bonchev–Trinajstić information content (AvgIpc) is 2.80. The number of hydrogen-bond donors (Lipinski definition) is 1. The fourth-order valence-electron chi connectivity index (χ4n) is 2.43. The monoisotopic (exact) mass is 251 g/mol. The van der Waals surface area contributed by atoms with Crippen molar-refractivity contribution in [3.63, 3.8) is 0 Å². The maximum atomic E-state index is 4.60. The summed E-state index contributed by atoms with van der Waals surface area (Å²) in [4.78, 5) is 0. The third-order valence-electron chi connectivity index (χ3n) is 3.55. The Bertz CT molecular complexity index is 330. The van der Waals surface area contributed by atoms with Gasteiger partial charge in [0.05, 0.1) is 5.69 Å². The zero-order chi connectivity index (χ0) is 13.4. The molecule has 18 heavy (non-hydrogen) atoms. The van der Waals surface area contributed by atoms with E-state index in [9.17, 15) is 0 Å². The second kappa shape index (κ2) is 8.30. The molecule has 0 saturated heterocycles. The fourth-order valence-corrected chi connectivity index (χ4v) is 2.43. The second-order valence-corrected chi connectivity index (χ2v) is 4.85. The molecule has 1 rings (SSSR count). The van der Waals surface area contributed by atoms with E-state index in [2.05, 4.69) is 48.9 Å². The minimum atomic E-state index is 0.679. The van der Waals surface area contributed by atoms with Crippen molar-refractivity contribution in [2.24, 2.45) is 0 Å². The van der Waals surface area contributed by atoms with Gasteiger partial charge in [-0.25, -0.2) is 0 Å². The molecule has 3 nitrogen and oxygen atoms in total. The zero-order valence-electron chi connectivity index (χ0n) is 12.5. The van der Waals surface area contributed by atoms with Gasteiger partial charge in [-0.2, -0.15) is 5.10 Å². The van der Waals surface area contributed by atoms with Crippen molar-refractivity contribution in [2.45, 2.75) is 72.4 Å². The Morgan fingerprint density at radius 1 is 1.28 bits per heavy atom. The maximum absolute atomic E-state index is 4.60. The lowest BCUT2D eigenvalue weighted by molar-refractivity contribution is 0.462. The predicted octanol–water partition coefficient (Wildman–Crippen LogP) is 3.18. The Morgan fingerprint density at radius 2 is 2.06 bits per heavy atom. The molecule has 1 unspecified atom stereocenters. The van der Waals surface area contributed by atoms with Gasteiger partial charge in [0, 0.05) is 18.3 Å². The molecule has 1 atom stereocenters. The van der Waals surface area contributed by atoms with Gasteiger partial charge in [0.25, 0.3) is 0 Å². The van der Waals surface area contributed by atoms with Gasteiger partial charge in [-0.1, -0.05) is 20.8 Å². The predicted molar refractivity (Wildman–Crippen MR) is 78.0 cm³/mol. The quantitative estimate of drug-likeness (QED) is 0.730. The Balaban J connectivity index is 2.44. The summed E-state index contributed by atoms with van der Waals surface area (Å²) in [6, 6.07) is 2.95. The van der Waals surface area contributed by atoms with Crippen molar-refractivity contribution in [2.75, 3.05) is 6.54 Å². The molecule has 0 aliphatic carbocycles. The lowest BCUT2D eigenvalue weighted by atomic mass is 10.1. The number of nitrogens with one attached hydrogen (secondary N) is 1. The summed E-state index contributed by atoms with van der Waals surface area (Å²) < 4.78 is 2.16. The Labute approximate surface area is 112 Å². The fraction of sp³-hybridized carbons (Fsp3) is 0.800. The molecule has 3 heteroatoms. The first-order chi connectivity index (χ1) is 8.74. The summed E-state index contributed by atoms with van der Waals surface area (Å²) >= 11 is 0. The number of rotatable bonds is 9. The van der Waals surface area contributed by atoms with Gasteiger partial charge < -0.3 is 5.32 Å². The van der Waals surface area contributed by atoms with E-state index in [1.54, 1.807) is 0 Å². The Hall–Kier alpha value is -0.830. The highest BCUT2D eigenvalue weighted by Crippen LogP contribution is 2.11. The van der Waals surface area contributed by atoms with Crippen molar-refractivity contribution >= 4 is 0 Å². The molecule has 1 aromatic rings. The molecular formula is C15H29N3. The van der Waals surface area contributed by atoms with Crippen molar-refractivity contribution in [3.8, 4) is 0 Å². The van der Waals surface area contributed by atoms with E-state index in [1.165, 1.54) is 30.7 Å². The van der Waals surface area contributed by atoms with E-state index in [0.717, 1.165) is 25.9 Å². The summed E-state index contributed by atoms with van der Waals surface area (Å²) in [5.41, 5.74) is 2.63. The minimum absolute atomic E-state index is 0.679. The lowest BCUT2D eigenvalue weighted by Gasteiger charge is -2.15. The summed E-state index contributed by atoms with van der Waals surface area (Å²) in [7, 11) is 0. The van der Waals surface area contributed by atoms with Crippen molar-refractivity contribution < 1.29 is 0 Å². The summed E-state index contributed by atoms with van der Waals surface area (Å²) in [5, 5.41) is 8.14. The van der Waals surface area contributed by atoms with Gasteiger partial charge in [-0.3, -0.25) is 4.68 Å². The summed E-state index contributed by atoms with van der Waals surface area (Å²) in [6.07, 6.45) is 5.93. The van der Waals surface area contributed by atoms with Crippen molar-refractivity contribution in [1.82, 2.24) is 15.1 Å². The van der Waals surface area contributed by atoms with E-state index in [4.69, 9.17) is 0 Å². The SMILES string of the molecule is CCNC(CC)CCCc1cc(CC)nn1CC. The highest BCUT2D eigenvalue weighted by atomic mass is 15.3. The topological polar surface area (TPSA) is 29.9 Å². The van der Waals surface area contributed by atoms with Crippen LogP contribution < -0.4 is 5.32 Å². The van der Waals surface area contributed by atoms with E-state index >= 15 is 0 Å². The second-order valence-electron chi connectivity index (χ2n) is 4.85. The highest BCUT2D eigenvalue weighted by molar-refractivity contribution is 5.10. The third-order valence-corrected chi connectivity index (χ3v) is 3.55. The van der Waals surface area contributed by atoms with Gasteiger partial charge in [-0.15, -0.1) is 0 Å². The molecule has 104 valence electrons. The Kier molecular flexibility index (Phi) is 7.02. The third kappa shape index (κ3) is 4.45. The van der Waals surface area contributed by atoms with E-state index in [0.29, 0.717) is 6.04 Å². The van der Waals surface area contributed by atoms with Crippen LogP contribution in [0.1, 0.15) is 58.3 Å². The van der Waals surface area contributed by atoms with Gasteiger partial charge in [0.2, 0.25) is 0 Å². The maximum Gasteiger partial charge on any atom is 0.0624 e. The highest BCUT2D eigenvalue weighted by Gasteiger charge is 2.08. The molecule has 0 amide bonds. The van der Waals surface area contributed by atoms with Crippen LogP contribution in [-0.4, -0.2) is 22.4 Å². The lowest BCUT2D eigenvalue weighted by Crippen LogP contribution is -2.28. The van der Waals surface area contributed by atoms with Gasteiger partial charge in [-0.05, 0) is 51.6 Å². The van der Waals surface area contributed by atoms with Crippen LogP contribution in [0.25, 0.3) is 0 Å². The molecule has 0 spiro atoms. The molecule has 0 aromatic carbocycles. The van der Waals surface area contributed by atoms with Crippen LogP contribution in [0, 0.1) is 0 Å². The van der Waals surface area contributed by atoms with E-state index < -0.39 is 0 Å². The molecule has 0 aliphatic rings. The first-order valence-electron chi connectivity index (χ1n) is 7.54. The van der Waals surface area contributed by atoms with Gasteiger partial charge in [0.1, 0.15) is 0 Å². The van der Waals surface area contributed by atoms with E-state index in [1.807, 2.05) is 0 Å². The minimum Gasteiger partial charge on any atom is -0.314 e. The van der Waals surface area contributed by atoms with Crippen LogP contribution in [-0.2, 0) is 19.4 Å². The van der Waals surface area contributed by atoms with Crippen molar-refractivity contribution in [1.29, 1.82) is 0 Å². The van der Waals surface area contributed by atoms with Crippen LogP contribution in [0.3, 0.4) is 0 Å². The Morgan fingerprint density at radius 3 is 2.61 bits per heavy atom. The molecule has 0 fully saturated rings. The molecule has 0 radical (unpaired) electrons. The van der Waals surface area contributed by atoms with Gasteiger partial charge >= 0.3 is 0 Å². The molecule has 1 aromatic heterocycles. The summed E-state index contributed by atoms with van der Waals surface area (Å²) in [5.74, 6) is 0. The van der Waals surface area contributed by atoms with E-state index in [-0.39, 0.29) is 0 Å². The smallest absolute Gasteiger partial charge is 0.0624 e. The van der Waals surface area contributed by atoms with Crippen LogP contribution >= 0.6 is 0 Å². The summed E-state index contributed by atoms with van der Waals surface area (Å²) in [6.45, 7) is 10.8. The first-order valence-corrected chi connectivity index (χ1v) is 7.54. The molecule has 1 N–H and O–H groups in total. The molecule has 0 aliphatic heterocycles. The zero-order valence-corrected chi connectivity index (χ0v) is 12.5. The largest absolute Gasteiger partial charge is 0.314 e. The van der Waals surface area contributed by atoms with Crippen molar-refractivity contribution in [3.05, 3.63) is 17.5 Å². The van der Waals surface area contributed by atoms with Crippen LogP contribution in [0.2, 0.25) is 0 Å². The van der Waals surface area contributed by atoms with Crippen LogP contribution in [0.5, 0.6) is 0 Å². The van der Waals surface area contributed by atoms with Crippen LogP contribution in [0.4, 0.5) is 0 Å². The number of aromatic nitrogens is 2. The molecule has 1 heterocycles. The molecule has 0 bridgehead atoms. The molecule has 0 saturated carbocycles. The molecular weight excluding hydrogens is 222 g/mol. The normalized spacial score (nSPS) is 12.9. The number of nitrogens with zero attached hydrogens (tertiary/aromatic N) is 2.